The van der Waals surface area contributed by atoms with Gasteiger partial charge in [0.25, 0.3) is 0 Å². The SMILES string of the molecule is NS(=O)(=O)c1ccc(CCNS(=O)(=O)Cc2noc3ccccc23)cc1. The molecule has 0 saturated carbocycles. The lowest BCUT2D eigenvalue weighted by molar-refractivity contribution is 0.448. The molecular weight excluding hydrogens is 378 g/mol. The van der Waals surface area contributed by atoms with Crippen LogP contribution in [0, 0.1) is 0 Å². The van der Waals surface area contributed by atoms with Crippen molar-refractivity contribution in [2.75, 3.05) is 6.54 Å². The second-order valence-corrected chi connectivity index (χ2v) is 9.09. The molecule has 0 amide bonds. The Morgan fingerprint density at radius 2 is 1.69 bits per heavy atom. The molecule has 26 heavy (non-hydrogen) atoms. The first kappa shape index (κ1) is 18.5. The third-order valence-corrected chi connectivity index (χ3v) is 5.99. The van der Waals surface area contributed by atoms with E-state index in [-0.39, 0.29) is 17.2 Å². The smallest absolute Gasteiger partial charge is 0.238 e. The fraction of sp³-hybridized carbons (Fsp3) is 0.188. The van der Waals surface area contributed by atoms with Gasteiger partial charge >= 0.3 is 0 Å². The van der Waals surface area contributed by atoms with Gasteiger partial charge in [-0.2, -0.15) is 0 Å². The third-order valence-electron chi connectivity index (χ3n) is 3.77. The largest absolute Gasteiger partial charge is 0.356 e. The molecule has 2 aromatic carbocycles. The Labute approximate surface area is 151 Å². The van der Waals surface area contributed by atoms with Gasteiger partial charge in [0.15, 0.2) is 5.58 Å². The summed E-state index contributed by atoms with van der Waals surface area (Å²) in [4.78, 5) is 0.0136. The second kappa shape index (κ2) is 7.16. The number of sulfonamides is 2. The Morgan fingerprint density at radius 3 is 2.38 bits per heavy atom. The van der Waals surface area contributed by atoms with Gasteiger partial charge in [-0.3, -0.25) is 0 Å². The van der Waals surface area contributed by atoms with Crippen LogP contribution in [0.1, 0.15) is 11.3 Å². The topological polar surface area (TPSA) is 132 Å². The van der Waals surface area contributed by atoms with Crippen molar-refractivity contribution in [2.24, 2.45) is 5.14 Å². The first-order chi connectivity index (χ1) is 12.2. The maximum absolute atomic E-state index is 12.2. The summed E-state index contributed by atoms with van der Waals surface area (Å²) in [7, 11) is -7.32. The van der Waals surface area contributed by atoms with E-state index in [2.05, 4.69) is 9.88 Å². The fourth-order valence-electron chi connectivity index (χ4n) is 2.47. The molecule has 3 N–H and O–H groups in total. The molecule has 0 aliphatic carbocycles. The average molecular weight is 395 g/mol. The van der Waals surface area contributed by atoms with Gasteiger partial charge in [-0.1, -0.05) is 29.4 Å². The van der Waals surface area contributed by atoms with Crippen LogP contribution in [-0.2, 0) is 32.2 Å². The molecule has 1 aromatic heterocycles. The third kappa shape index (κ3) is 4.47. The highest BCUT2D eigenvalue weighted by Crippen LogP contribution is 2.19. The highest BCUT2D eigenvalue weighted by Gasteiger charge is 2.17. The predicted molar refractivity (Wildman–Crippen MR) is 96.2 cm³/mol. The number of aromatic nitrogens is 1. The van der Waals surface area contributed by atoms with Crippen molar-refractivity contribution in [3.8, 4) is 0 Å². The number of fused-ring (bicyclic) bond motifs is 1. The Kier molecular flexibility index (Phi) is 5.10. The number of hydrogen-bond donors (Lipinski definition) is 2. The molecule has 0 aliphatic rings. The van der Waals surface area contributed by atoms with E-state index in [0.717, 1.165) is 5.56 Å². The molecule has 10 heteroatoms. The first-order valence-electron chi connectivity index (χ1n) is 7.67. The van der Waals surface area contributed by atoms with Crippen molar-refractivity contribution in [1.29, 1.82) is 0 Å². The van der Waals surface area contributed by atoms with Crippen molar-refractivity contribution in [2.45, 2.75) is 17.1 Å². The molecule has 0 saturated heterocycles. The predicted octanol–water partition coefficient (Wildman–Crippen LogP) is 1.14. The van der Waals surface area contributed by atoms with Gasteiger partial charge < -0.3 is 4.52 Å². The van der Waals surface area contributed by atoms with Crippen LogP contribution in [0.25, 0.3) is 11.0 Å². The van der Waals surface area contributed by atoms with Gasteiger partial charge in [-0.05, 0) is 36.2 Å². The Bertz CT molecular complexity index is 1120. The number of hydrogen-bond acceptors (Lipinski definition) is 6. The minimum absolute atomic E-state index is 0.0136. The van der Waals surface area contributed by atoms with E-state index in [0.29, 0.717) is 23.1 Å². The lowest BCUT2D eigenvalue weighted by Gasteiger charge is -2.06. The average Bonchev–Trinajstić information content (AvgIpc) is 2.97. The van der Waals surface area contributed by atoms with Crippen LogP contribution in [0.3, 0.4) is 0 Å². The van der Waals surface area contributed by atoms with Gasteiger partial charge in [0.2, 0.25) is 20.0 Å². The van der Waals surface area contributed by atoms with E-state index >= 15 is 0 Å². The molecule has 8 nitrogen and oxygen atoms in total. The summed E-state index contributed by atoms with van der Waals surface area (Å²) in [5.41, 5.74) is 1.67. The molecule has 3 rings (SSSR count). The van der Waals surface area contributed by atoms with Gasteiger partial charge in [0, 0.05) is 11.9 Å². The summed E-state index contributed by atoms with van der Waals surface area (Å²) < 4.78 is 54.5. The molecule has 0 bridgehead atoms. The van der Waals surface area contributed by atoms with Gasteiger partial charge in [-0.25, -0.2) is 26.7 Å². The Balaban J connectivity index is 1.60. The summed E-state index contributed by atoms with van der Waals surface area (Å²) in [6.45, 7) is 0.173. The summed E-state index contributed by atoms with van der Waals surface area (Å²) in [5, 5.41) is 9.51. The van der Waals surface area contributed by atoms with E-state index in [1.54, 1.807) is 36.4 Å². The quantitative estimate of drug-likeness (QED) is 0.616. The number of nitrogens with one attached hydrogen (secondary N) is 1. The normalized spacial score (nSPS) is 12.5. The second-order valence-electron chi connectivity index (χ2n) is 5.72. The van der Waals surface area contributed by atoms with Gasteiger partial charge in [0.1, 0.15) is 11.4 Å². The number of para-hydroxylation sites is 1. The van der Waals surface area contributed by atoms with Crippen molar-refractivity contribution in [3.63, 3.8) is 0 Å². The van der Waals surface area contributed by atoms with Gasteiger partial charge in [-0.15, -0.1) is 0 Å². The van der Waals surface area contributed by atoms with Crippen molar-refractivity contribution in [3.05, 3.63) is 59.8 Å². The lowest BCUT2D eigenvalue weighted by Crippen LogP contribution is -2.27. The standard InChI is InChI=1S/C16H17N3O5S2/c17-26(22,23)13-7-5-12(6-8-13)9-10-18-25(20,21)11-15-14-3-1-2-4-16(14)24-19-15/h1-8,18H,9-11H2,(H2,17,22,23). The van der Waals surface area contributed by atoms with Crippen molar-refractivity contribution in [1.82, 2.24) is 9.88 Å². The van der Waals surface area contributed by atoms with Gasteiger partial charge in [0.05, 0.1) is 4.90 Å². The van der Waals surface area contributed by atoms with Crippen molar-refractivity contribution < 1.29 is 21.4 Å². The molecule has 1 heterocycles. The van der Waals surface area contributed by atoms with Crippen LogP contribution in [0.15, 0.2) is 57.9 Å². The van der Waals surface area contributed by atoms with Crippen LogP contribution >= 0.6 is 0 Å². The van der Waals surface area contributed by atoms with Crippen LogP contribution in [-0.4, -0.2) is 28.5 Å². The number of benzene rings is 2. The molecule has 138 valence electrons. The minimum atomic E-state index is -3.74. The molecule has 0 radical (unpaired) electrons. The lowest BCUT2D eigenvalue weighted by atomic mass is 10.2. The maximum Gasteiger partial charge on any atom is 0.238 e. The molecule has 0 unspecified atom stereocenters. The van der Waals surface area contributed by atoms with Crippen LogP contribution in [0.5, 0.6) is 0 Å². The zero-order valence-corrected chi connectivity index (χ0v) is 15.3. The number of nitrogens with two attached hydrogens (primary N) is 1. The Hall–Kier alpha value is -2.27. The monoisotopic (exact) mass is 395 g/mol. The van der Waals surface area contributed by atoms with E-state index in [9.17, 15) is 16.8 Å². The summed E-state index contributed by atoms with van der Waals surface area (Å²) in [6.07, 6.45) is 0.406. The number of primary sulfonamides is 1. The van der Waals surface area contributed by atoms with Crippen molar-refractivity contribution >= 4 is 31.0 Å². The van der Waals surface area contributed by atoms with E-state index in [1.807, 2.05) is 0 Å². The summed E-state index contributed by atoms with van der Waals surface area (Å²) in [6, 6.07) is 13.0. The molecule has 3 aromatic rings. The highest BCUT2D eigenvalue weighted by atomic mass is 32.2. The van der Waals surface area contributed by atoms with Crippen LogP contribution in [0.4, 0.5) is 0 Å². The van der Waals surface area contributed by atoms with E-state index in [4.69, 9.17) is 9.66 Å². The zero-order valence-electron chi connectivity index (χ0n) is 13.6. The minimum Gasteiger partial charge on any atom is -0.356 e. The number of nitrogens with zero attached hydrogens (tertiary/aromatic N) is 1. The van der Waals surface area contributed by atoms with E-state index < -0.39 is 20.0 Å². The molecule has 0 spiro atoms. The number of rotatable bonds is 7. The maximum atomic E-state index is 12.2. The molecule has 0 aliphatic heterocycles. The molecular formula is C16H17N3O5S2. The fourth-order valence-corrected chi connectivity index (χ4v) is 4.07. The summed E-state index contributed by atoms with van der Waals surface area (Å²) >= 11 is 0. The molecule has 0 fully saturated rings. The Morgan fingerprint density at radius 1 is 1.00 bits per heavy atom. The van der Waals surface area contributed by atoms with Crippen LogP contribution < -0.4 is 9.86 Å². The summed E-state index contributed by atoms with van der Waals surface area (Å²) in [5.74, 6) is -0.283. The highest BCUT2D eigenvalue weighted by molar-refractivity contribution is 7.89. The van der Waals surface area contributed by atoms with E-state index in [1.165, 1.54) is 12.1 Å². The first-order valence-corrected chi connectivity index (χ1v) is 10.9. The molecule has 0 atom stereocenters. The zero-order chi connectivity index (χ0) is 18.8. The van der Waals surface area contributed by atoms with Crippen LogP contribution in [0.2, 0.25) is 0 Å².